The van der Waals surface area contributed by atoms with Crippen LogP contribution in [0.2, 0.25) is 0 Å². The molecule has 3 amide bonds. The molecule has 2 heterocycles. The number of benzene rings is 2. The third-order valence-electron chi connectivity index (χ3n) is 7.29. The smallest absolute Gasteiger partial charge is 0.316 e. The van der Waals surface area contributed by atoms with Gasteiger partial charge in [0.1, 0.15) is 5.75 Å². The predicted molar refractivity (Wildman–Crippen MR) is 133 cm³/mol. The number of fused-ring (bicyclic) bond motifs is 1. The minimum Gasteiger partial charge on any atom is -0.426 e. The number of allylic oxidation sites excluding steroid dienone is 2. The number of hydrogen-bond donors (Lipinski definition) is 0. The summed E-state index contributed by atoms with van der Waals surface area (Å²) in [5.74, 6) is -2.55. The van der Waals surface area contributed by atoms with Gasteiger partial charge in [-0.25, -0.2) is 4.90 Å². The molecule has 1 aliphatic carbocycles. The van der Waals surface area contributed by atoms with E-state index in [-0.39, 0.29) is 54.0 Å². The highest BCUT2D eigenvalue weighted by atomic mass is 16.6. The van der Waals surface area contributed by atoms with Crippen LogP contribution < -0.4 is 14.5 Å². The third kappa shape index (κ3) is 4.28. The second-order valence-electron chi connectivity index (χ2n) is 9.67. The fourth-order valence-corrected chi connectivity index (χ4v) is 5.26. The van der Waals surface area contributed by atoms with Gasteiger partial charge in [-0.05, 0) is 56.5 Å². The largest absolute Gasteiger partial charge is 0.426 e. The van der Waals surface area contributed by atoms with Gasteiger partial charge < -0.3 is 9.64 Å². The normalized spacial score (nSPS) is 23.0. The molecule has 0 saturated carbocycles. The van der Waals surface area contributed by atoms with Crippen molar-refractivity contribution in [3.8, 4) is 5.75 Å². The average Bonchev–Trinajstić information content (AvgIpc) is 3.37. The molecule has 0 aromatic heterocycles. The zero-order valence-corrected chi connectivity index (χ0v) is 20.4. The number of carbonyl (C=O) groups excluding carboxylic acids is 4. The van der Waals surface area contributed by atoms with Crippen molar-refractivity contribution < 1.29 is 28.8 Å². The summed E-state index contributed by atoms with van der Waals surface area (Å²) in [5, 5.41) is 11.3. The Morgan fingerprint density at radius 1 is 0.973 bits per heavy atom. The number of esters is 1. The molecular weight excluding hydrogens is 478 g/mol. The first kappa shape index (κ1) is 24.4. The van der Waals surface area contributed by atoms with E-state index in [4.69, 9.17) is 4.74 Å². The van der Waals surface area contributed by atoms with Gasteiger partial charge >= 0.3 is 5.97 Å². The van der Waals surface area contributed by atoms with Crippen molar-refractivity contribution in [1.82, 2.24) is 0 Å². The summed E-state index contributed by atoms with van der Waals surface area (Å²) in [7, 11) is 0. The molecule has 0 spiro atoms. The fraction of sp³-hybridized carbons (Fsp3) is 0.333. The molecule has 0 bridgehead atoms. The van der Waals surface area contributed by atoms with E-state index in [1.165, 1.54) is 21.9 Å². The number of rotatable bonds is 5. The van der Waals surface area contributed by atoms with Crippen LogP contribution in [0, 0.1) is 41.7 Å². The molecule has 0 unspecified atom stereocenters. The van der Waals surface area contributed by atoms with Crippen molar-refractivity contribution in [2.75, 3.05) is 16.3 Å². The van der Waals surface area contributed by atoms with Crippen LogP contribution in [0.25, 0.3) is 0 Å². The number of hydrogen-bond acceptors (Lipinski definition) is 7. The van der Waals surface area contributed by atoms with Gasteiger partial charge in [-0.1, -0.05) is 18.2 Å². The lowest BCUT2D eigenvalue weighted by Crippen LogP contribution is -2.31. The van der Waals surface area contributed by atoms with Crippen LogP contribution in [0.4, 0.5) is 17.1 Å². The Labute approximate surface area is 212 Å². The number of amides is 3. The molecule has 0 N–H and O–H groups in total. The van der Waals surface area contributed by atoms with Crippen molar-refractivity contribution in [2.45, 2.75) is 33.1 Å². The lowest BCUT2D eigenvalue weighted by atomic mass is 9.85. The Morgan fingerprint density at radius 2 is 1.65 bits per heavy atom. The number of nitro groups is 1. The molecule has 3 aliphatic rings. The number of anilines is 2. The fourth-order valence-electron chi connectivity index (χ4n) is 5.26. The van der Waals surface area contributed by atoms with E-state index in [1.54, 1.807) is 38.1 Å². The van der Waals surface area contributed by atoms with Gasteiger partial charge in [0.15, 0.2) is 0 Å². The predicted octanol–water partition coefficient (Wildman–Crippen LogP) is 3.63. The maximum absolute atomic E-state index is 12.9. The lowest BCUT2D eigenvalue weighted by molar-refractivity contribution is -0.385. The SMILES string of the molecule is Cc1cc(OC(=O)[C@@H]2CC(=O)N(c3ccc(C)c([N+](=O)[O-])c3)C2)ccc1N1C(=O)[C@@H]2CC=CC[C@H]2C1=O. The van der Waals surface area contributed by atoms with E-state index in [2.05, 4.69) is 0 Å². The molecular formula is C27H25N3O7. The standard InChI is InChI=1S/C27H25N3O7/c1-15-7-8-18(13-23(15)30(35)36)28-14-17(12-24(28)31)27(34)37-19-9-10-22(16(2)11-19)29-25(32)20-5-3-4-6-21(20)26(29)33/h3-4,7-11,13,17,20-21H,5-6,12,14H2,1-2H3/t17-,20-,21-/m1/s1. The molecule has 2 aliphatic heterocycles. The summed E-state index contributed by atoms with van der Waals surface area (Å²) >= 11 is 0. The highest BCUT2D eigenvalue weighted by Gasteiger charge is 2.48. The first-order valence-corrected chi connectivity index (χ1v) is 12.1. The molecule has 3 atom stereocenters. The summed E-state index contributed by atoms with van der Waals surface area (Å²) in [6.45, 7) is 3.39. The van der Waals surface area contributed by atoms with Crippen LogP contribution in [-0.4, -0.2) is 35.2 Å². The first-order valence-electron chi connectivity index (χ1n) is 12.1. The molecule has 190 valence electrons. The Hall–Kier alpha value is -4.34. The minimum absolute atomic E-state index is 0.0442. The maximum atomic E-state index is 12.9. The summed E-state index contributed by atoms with van der Waals surface area (Å²) in [6, 6.07) is 9.22. The number of ether oxygens (including phenoxy) is 1. The van der Waals surface area contributed by atoms with Gasteiger partial charge in [-0.2, -0.15) is 0 Å². The second-order valence-corrected chi connectivity index (χ2v) is 9.67. The number of imide groups is 1. The van der Waals surface area contributed by atoms with Crippen molar-refractivity contribution in [2.24, 2.45) is 17.8 Å². The monoisotopic (exact) mass is 503 g/mol. The first-order chi connectivity index (χ1) is 17.7. The van der Waals surface area contributed by atoms with Crippen LogP contribution >= 0.6 is 0 Å². The molecule has 37 heavy (non-hydrogen) atoms. The Kier molecular flexibility index (Phi) is 6.10. The van der Waals surface area contributed by atoms with E-state index in [0.717, 1.165) is 0 Å². The number of nitrogens with zero attached hydrogens (tertiary/aromatic N) is 3. The third-order valence-corrected chi connectivity index (χ3v) is 7.29. The Bertz CT molecular complexity index is 1360. The topological polar surface area (TPSA) is 127 Å². The quantitative estimate of drug-likeness (QED) is 0.152. The van der Waals surface area contributed by atoms with Gasteiger partial charge in [0.05, 0.1) is 34.1 Å². The summed E-state index contributed by atoms with van der Waals surface area (Å²) < 4.78 is 5.53. The van der Waals surface area contributed by atoms with Crippen LogP contribution in [0.1, 0.15) is 30.4 Å². The summed E-state index contributed by atoms with van der Waals surface area (Å²) in [4.78, 5) is 64.6. The molecule has 2 aromatic rings. The Balaban J connectivity index is 1.28. The minimum atomic E-state index is -0.745. The highest BCUT2D eigenvalue weighted by molar-refractivity contribution is 6.22. The number of nitro benzene ring substituents is 1. The van der Waals surface area contributed by atoms with E-state index in [0.29, 0.717) is 35.3 Å². The van der Waals surface area contributed by atoms with E-state index < -0.39 is 16.8 Å². The maximum Gasteiger partial charge on any atom is 0.316 e. The molecule has 0 radical (unpaired) electrons. The average molecular weight is 504 g/mol. The van der Waals surface area contributed by atoms with Crippen LogP contribution in [-0.2, 0) is 19.2 Å². The zero-order valence-electron chi connectivity index (χ0n) is 20.4. The molecule has 2 aromatic carbocycles. The van der Waals surface area contributed by atoms with Crippen molar-refractivity contribution in [3.63, 3.8) is 0 Å². The van der Waals surface area contributed by atoms with Gasteiger partial charge in [0.2, 0.25) is 17.7 Å². The highest BCUT2D eigenvalue weighted by Crippen LogP contribution is 2.39. The molecule has 10 heteroatoms. The summed E-state index contributed by atoms with van der Waals surface area (Å²) in [6.07, 6.45) is 4.88. The van der Waals surface area contributed by atoms with Crippen molar-refractivity contribution in [3.05, 3.63) is 69.8 Å². The van der Waals surface area contributed by atoms with Crippen molar-refractivity contribution in [1.29, 1.82) is 0 Å². The van der Waals surface area contributed by atoms with Gasteiger partial charge in [-0.15, -0.1) is 0 Å². The number of carbonyl (C=O) groups is 4. The van der Waals surface area contributed by atoms with Crippen LogP contribution in [0.5, 0.6) is 5.75 Å². The molecule has 2 saturated heterocycles. The van der Waals surface area contributed by atoms with Crippen molar-refractivity contribution >= 4 is 40.8 Å². The number of aryl methyl sites for hydroxylation is 2. The van der Waals surface area contributed by atoms with Gasteiger partial charge in [0, 0.05) is 24.6 Å². The molecule has 5 rings (SSSR count). The lowest BCUT2D eigenvalue weighted by Gasteiger charge is -2.19. The Morgan fingerprint density at radius 3 is 2.27 bits per heavy atom. The summed E-state index contributed by atoms with van der Waals surface area (Å²) in [5.41, 5.74) is 1.80. The molecule has 2 fully saturated rings. The van der Waals surface area contributed by atoms with E-state index >= 15 is 0 Å². The second kappa shape index (κ2) is 9.27. The van der Waals surface area contributed by atoms with Gasteiger partial charge in [-0.3, -0.25) is 29.3 Å². The van der Waals surface area contributed by atoms with E-state index in [9.17, 15) is 29.3 Å². The zero-order chi connectivity index (χ0) is 26.4. The molecule has 10 nitrogen and oxygen atoms in total. The van der Waals surface area contributed by atoms with Crippen LogP contribution in [0.15, 0.2) is 48.6 Å². The van der Waals surface area contributed by atoms with Gasteiger partial charge in [0.25, 0.3) is 5.69 Å². The van der Waals surface area contributed by atoms with Crippen LogP contribution in [0.3, 0.4) is 0 Å². The van der Waals surface area contributed by atoms with E-state index in [1.807, 2.05) is 12.2 Å².